The highest BCUT2D eigenvalue weighted by Crippen LogP contribution is 2.47. The largest absolute Gasteiger partial charge is 0.274 e. The van der Waals surface area contributed by atoms with Crippen LogP contribution in [0.2, 0.25) is 0 Å². The molecule has 0 spiro atoms. The molecule has 0 radical (unpaired) electrons. The Morgan fingerprint density at radius 3 is 2.00 bits per heavy atom. The molecule has 3 aromatic rings. The number of hydrogen-bond acceptors (Lipinski definition) is 5. The number of unbranched alkanes of at least 4 members (excludes halogenated alkanes) is 5. The van der Waals surface area contributed by atoms with Gasteiger partial charge in [0.1, 0.15) is 0 Å². The van der Waals surface area contributed by atoms with Crippen LogP contribution < -0.4 is 0 Å². The molecule has 0 aromatic carbocycles. The molecule has 1 aliphatic heterocycles. The number of thiophene rings is 3. The average molecular weight is 486 g/mol. The van der Waals surface area contributed by atoms with Gasteiger partial charge in [0.25, 0.3) is 11.8 Å². The normalized spacial score (nSPS) is 13.5. The minimum absolute atomic E-state index is 0.0995. The van der Waals surface area contributed by atoms with E-state index >= 15 is 0 Å². The van der Waals surface area contributed by atoms with Gasteiger partial charge < -0.3 is 0 Å². The van der Waals surface area contributed by atoms with E-state index in [0.717, 1.165) is 27.5 Å². The molecule has 170 valence electrons. The van der Waals surface area contributed by atoms with Crippen molar-refractivity contribution in [1.82, 2.24) is 4.90 Å². The van der Waals surface area contributed by atoms with E-state index < -0.39 is 0 Å². The Hall–Kier alpha value is -1.76. The first-order valence-electron chi connectivity index (χ1n) is 11.5. The van der Waals surface area contributed by atoms with Gasteiger partial charge in [0.15, 0.2) is 0 Å². The maximum Gasteiger partial charge on any atom is 0.263 e. The van der Waals surface area contributed by atoms with E-state index in [-0.39, 0.29) is 11.8 Å². The summed E-state index contributed by atoms with van der Waals surface area (Å²) in [4.78, 5) is 34.8. The van der Waals surface area contributed by atoms with Gasteiger partial charge in [0, 0.05) is 30.9 Å². The first-order chi connectivity index (χ1) is 15.3. The van der Waals surface area contributed by atoms with Gasteiger partial charge in [0.05, 0.1) is 16.0 Å². The Morgan fingerprint density at radius 2 is 1.31 bits per heavy atom. The predicted molar refractivity (Wildman–Crippen MR) is 139 cm³/mol. The molecule has 0 N–H and O–H groups in total. The summed E-state index contributed by atoms with van der Waals surface area (Å²) in [6.07, 6.45) is 6.85. The molecule has 0 fully saturated rings. The molecular formula is C26H31NO2S3. The second-order valence-electron chi connectivity index (χ2n) is 8.74. The van der Waals surface area contributed by atoms with Crippen molar-refractivity contribution in [3.05, 3.63) is 44.1 Å². The van der Waals surface area contributed by atoms with Crippen LogP contribution >= 0.6 is 34.0 Å². The molecule has 3 nitrogen and oxygen atoms in total. The molecule has 3 aromatic heterocycles. The molecule has 1 aliphatic rings. The summed E-state index contributed by atoms with van der Waals surface area (Å²) in [7, 11) is 0. The maximum absolute atomic E-state index is 13.3. The molecule has 0 bridgehead atoms. The minimum atomic E-state index is -0.102. The Kier molecular flexibility index (Phi) is 7.03. The number of imide groups is 1. The smallest absolute Gasteiger partial charge is 0.263 e. The fraction of sp³-hybridized carbons (Fsp3) is 0.462. The predicted octanol–water partition coefficient (Wildman–Crippen LogP) is 8.40. The highest BCUT2D eigenvalue weighted by Gasteiger charge is 2.41. The van der Waals surface area contributed by atoms with Crippen molar-refractivity contribution in [2.45, 2.75) is 73.1 Å². The monoisotopic (exact) mass is 485 g/mol. The summed E-state index contributed by atoms with van der Waals surface area (Å²) in [6, 6.07) is 4.47. The molecule has 0 saturated carbocycles. The fourth-order valence-electron chi connectivity index (χ4n) is 4.31. The first-order valence-corrected chi connectivity index (χ1v) is 14.0. The number of nitrogens with zero attached hydrogens (tertiary/aromatic N) is 1. The van der Waals surface area contributed by atoms with Crippen LogP contribution in [0, 0.1) is 27.7 Å². The number of carbonyl (C=O) groups is 2. The van der Waals surface area contributed by atoms with Crippen molar-refractivity contribution >= 4 is 45.8 Å². The highest BCUT2D eigenvalue weighted by molar-refractivity contribution is 7.27. The Morgan fingerprint density at radius 1 is 0.688 bits per heavy atom. The topological polar surface area (TPSA) is 37.4 Å². The molecule has 6 heteroatoms. The van der Waals surface area contributed by atoms with Crippen LogP contribution in [0.15, 0.2) is 12.1 Å². The Balaban J connectivity index is 1.59. The van der Waals surface area contributed by atoms with Gasteiger partial charge in [0.2, 0.25) is 0 Å². The van der Waals surface area contributed by atoms with Crippen molar-refractivity contribution in [2.24, 2.45) is 0 Å². The zero-order valence-corrected chi connectivity index (χ0v) is 22.0. The van der Waals surface area contributed by atoms with Crippen LogP contribution in [0.5, 0.6) is 0 Å². The lowest BCUT2D eigenvalue weighted by Gasteiger charge is -2.14. The van der Waals surface area contributed by atoms with Crippen LogP contribution in [-0.4, -0.2) is 23.3 Å². The van der Waals surface area contributed by atoms with E-state index in [1.54, 1.807) is 22.7 Å². The molecule has 2 amide bonds. The van der Waals surface area contributed by atoms with E-state index in [4.69, 9.17) is 0 Å². The lowest BCUT2D eigenvalue weighted by Crippen LogP contribution is -2.31. The first kappa shape index (κ1) is 23.4. The molecule has 4 rings (SSSR count). The van der Waals surface area contributed by atoms with Gasteiger partial charge in [-0.3, -0.25) is 14.5 Å². The average Bonchev–Trinajstić information content (AvgIpc) is 3.46. The van der Waals surface area contributed by atoms with Crippen LogP contribution in [0.1, 0.15) is 87.0 Å². The van der Waals surface area contributed by atoms with Gasteiger partial charge >= 0.3 is 0 Å². The van der Waals surface area contributed by atoms with Crippen molar-refractivity contribution in [1.29, 1.82) is 0 Å². The van der Waals surface area contributed by atoms with Gasteiger partial charge in [-0.15, -0.1) is 34.0 Å². The molecule has 4 heterocycles. The zero-order chi connectivity index (χ0) is 23.0. The molecular weight excluding hydrogens is 454 g/mol. The third-order valence-corrected chi connectivity index (χ3v) is 10.1. The Labute approximate surface area is 203 Å². The molecule has 0 unspecified atom stereocenters. The Bertz CT molecular complexity index is 1140. The molecule has 0 aliphatic carbocycles. The third kappa shape index (κ3) is 4.25. The van der Waals surface area contributed by atoms with Gasteiger partial charge in [-0.2, -0.15) is 0 Å². The van der Waals surface area contributed by atoms with Gasteiger partial charge in [-0.1, -0.05) is 39.0 Å². The van der Waals surface area contributed by atoms with Crippen LogP contribution in [0.25, 0.3) is 19.5 Å². The summed E-state index contributed by atoms with van der Waals surface area (Å²) in [5, 5.41) is 0. The minimum Gasteiger partial charge on any atom is -0.274 e. The van der Waals surface area contributed by atoms with Crippen LogP contribution in [0.3, 0.4) is 0 Å². The highest BCUT2D eigenvalue weighted by atomic mass is 32.1. The van der Waals surface area contributed by atoms with E-state index in [1.807, 2.05) is 18.3 Å². The van der Waals surface area contributed by atoms with E-state index in [9.17, 15) is 9.59 Å². The summed E-state index contributed by atoms with van der Waals surface area (Å²) in [5.41, 5.74) is 3.76. The van der Waals surface area contributed by atoms with Gasteiger partial charge in [-0.05, 0) is 57.4 Å². The van der Waals surface area contributed by atoms with E-state index in [1.165, 1.54) is 56.3 Å². The number of rotatable bonds is 9. The zero-order valence-electron chi connectivity index (χ0n) is 19.6. The maximum atomic E-state index is 13.3. The fourth-order valence-corrected chi connectivity index (χ4v) is 7.92. The van der Waals surface area contributed by atoms with E-state index in [0.29, 0.717) is 17.7 Å². The summed E-state index contributed by atoms with van der Waals surface area (Å²) in [6.45, 7) is 11.1. The number of aryl methyl sites for hydroxylation is 4. The number of fused-ring (bicyclic) bond motifs is 1. The third-order valence-electron chi connectivity index (χ3n) is 6.27. The standard InChI is InChI=1S/C26H31NO2S3/c1-6-7-8-9-10-11-12-27-25(28)21-18(5)31-24(22(21)26(27)29)23-16(3)14-20(32-23)19-13-15(2)17(4)30-19/h13-14H,6-12H2,1-5H3. The summed E-state index contributed by atoms with van der Waals surface area (Å²) < 4.78 is 0. The van der Waals surface area contributed by atoms with Gasteiger partial charge in [-0.25, -0.2) is 0 Å². The molecule has 32 heavy (non-hydrogen) atoms. The van der Waals surface area contributed by atoms with E-state index in [2.05, 4.69) is 39.8 Å². The number of carbonyl (C=O) groups excluding carboxylic acids is 2. The van der Waals surface area contributed by atoms with Crippen molar-refractivity contribution < 1.29 is 9.59 Å². The second kappa shape index (κ2) is 9.62. The number of amides is 2. The second-order valence-corrected chi connectivity index (χ2v) is 12.3. The summed E-state index contributed by atoms with van der Waals surface area (Å²) >= 11 is 5.15. The van der Waals surface area contributed by atoms with Crippen molar-refractivity contribution in [3.63, 3.8) is 0 Å². The van der Waals surface area contributed by atoms with Crippen LogP contribution in [-0.2, 0) is 0 Å². The van der Waals surface area contributed by atoms with Crippen molar-refractivity contribution in [3.8, 4) is 19.5 Å². The lowest BCUT2D eigenvalue weighted by molar-refractivity contribution is 0.0651. The SMILES string of the molecule is CCCCCCCCN1C(=O)c2c(C)sc(-c3sc(-c4cc(C)c(C)s4)cc3C)c2C1=O. The molecule has 0 atom stereocenters. The number of hydrogen-bond donors (Lipinski definition) is 0. The quantitative estimate of drug-likeness (QED) is 0.225. The van der Waals surface area contributed by atoms with Crippen molar-refractivity contribution in [2.75, 3.05) is 6.54 Å². The van der Waals surface area contributed by atoms with Crippen LogP contribution in [0.4, 0.5) is 0 Å². The molecule has 0 saturated heterocycles. The summed E-state index contributed by atoms with van der Waals surface area (Å²) in [5.74, 6) is -0.201. The lowest BCUT2D eigenvalue weighted by atomic mass is 10.1.